The van der Waals surface area contributed by atoms with Crippen molar-refractivity contribution in [1.29, 1.82) is 0 Å². The molecular weight excluding hydrogens is 236 g/mol. The van der Waals surface area contributed by atoms with E-state index >= 15 is 0 Å². The highest BCUT2D eigenvalue weighted by Crippen LogP contribution is 2.36. The van der Waals surface area contributed by atoms with Crippen LogP contribution in [0.2, 0.25) is 0 Å². The van der Waals surface area contributed by atoms with Crippen LogP contribution >= 0.6 is 12.6 Å². The summed E-state index contributed by atoms with van der Waals surface area (Å²) in [6.45, 7) is 2.15. The van der Waals surface area contributed by atoms with E-state index < -0.39 is 0 Å². The summed E-state index contributed by atoms with van der Waals surface area (Å²) in [7, 11) is 0. The van der Waals surface area contributed by atoms with Crippen molar-refractivity contribution in [3.8, 4) is 0 Å². The Morgan fingerprint density at radius 1 is 0.667 bits per heavy atom. The Balaban J connectivity index is 2.41. The fourth-order valence-electron chi connectivity index (χ4n) is 2.98. The molecule has 0 aliphatic carbocycles. The summed E-state index contributed by atoms with van der Waals surface area (Å²) < 4.78 is 0. The molecule has 0 radical (unpaired) electrons. The van der Waals surface area contributed by atoms with Crippen LogP contribution in [-0.2, 0) is 0 Å². The number of rotatable bonds is 0. The zero-order valence-electron chi connectivity index (χ0n) is 10.1. The van der Waals surface area contributed by atoms with Crippen LogP contribution < -0.4 is 0 Å². The van der Waals surface area contributed by atoms with Crippen molar-refractivity contribution >= 4 is 44.9 Å². The Morgan fingerprint density at radius 2 is 1.06 bits per heavy atom. The van der Waals surface area contributed by atoms with E-state index in [1.165, 1.54) is 37.9 Å². The third-order valence-corrected chi connectivity index (χ3v) is 3.92. The molecule has 0 aliphatic rings. The van der Waals surface area contributed by atoms with Gasteiger partial charge in [-0.3, -0.25) is 0 Å². The standard InChI is InChI=1S/C17H12S/c1-10-6-11-2-4-13-8-15(18)9-14-5-3-12(7-10)16(11)17(13)14/h2-9,18H,1H3. The molecule has 0 N–H and O–H groups in total. The Kier molecular flexibility index (Phi) is 1.93. The second-order valence-electron chi connectivity index (χ2n) is 4.98. The van der Waals surface area contributed by atoms with E-state index in [1.807, 2.05) is 0 Å². The van der Waals surface area contributed by atoms with Crippen molar-refractivity contribution in [3.05, 3.63) is 54.1 Å². The van der Waals surface area contributed by atoms with Crippen molar-refractivity contribution in [3.63, 3.8) is 0 Å². The molecule has 0 aliphatic heterocycles. The fourth-order valence-corrected chi connectivity index (χ4v) is 3.25. The van der Waals surface area contributed by atoms with E-state index in [-0.39, 0.29) is 0 Å². The molecule has 4 rings (SSSR count). The van der Waals surface area contributed by atoms with Crippen LogP contribution in [0.25, 0.3) is 32.3 Å². The molecule has 0 bridgehead atoms. The Bertz CT molecular complexity index is 748. The van der Waals surface area contributed by atoms with Crippen molar-refractivity contribution in [1.82, 2.24) is 0 Å². The molecule has 0 heterocycles. The minimum Gasteiger partial charge on any atom is -0.143 e. The molecule has 1 heteroatoms. The van der Waals surface area contributed by atoms with Gasteiger partial charge in [-0.15, -0.1) is 12.6 Å². The second kappa shape index (κ2) is 3.39. The number of benzene rings is 4. The van der Waals surface area contributed by atoms with Crippen molar-refractivity contribution in [2.75, 3.05) is 0 Å². The van der Waals surface area contributed by atoms with Crippen LogP contribution in [-0.4, -0.2) is 0 Å². The summed E-state index contributed by atoms with van der Waals surface area (Å²) in [5.41, 5.74) is 1.32. The van der Waals surface area contributed by atoms with Crippen LogP contribution in [0.4, 0.5) is 0 Å². The molecule has 0 saturated carbocycles. The van der Waals surface area contributed by atoms with Gasteiger partial charge in [-0.1, -0.05) is 36.4 Å². The summed E-state index contributed by atoms with van der Waals surface area (Å²) in [6, 6.07) is 17.6. The van der Waals surface area contributed by atoms with E-state index in [2.05, 4.69) is 68.1 Å². The molecule has 0 saturated heterocycles. The monoisotopic (exact) mass is 248 g/mol. The molecule has 0 atom stereocenters. The number of thiol groups is 1. The first-order valence-corrected chi connectivity index (χ1v) is 6.55. The highest BCUT2D eigenvalue weighted by atomic mass is 32.1. The molecule has 4 aromatic rings. The predicted octanol–water partition coefficient (Wildman–Crippen LogP) is 5.18. The normalized spacial score (nSPS) is 11.9. The van der Waals surface area contributed by atoms with Crippen molar-refractivity contribution in [2.24, 2.45) is 0 Å². The molecule has 86 valence electrons. The van der Waals surface area contributed by atoms with Gasteiger partial charge in [0.15, 0.2) is 0 Å². The highest BCUT2D eigenvalue weighted by Gasteiger charge is 2.08. The van der Waals surface area contributed by atoms with E-state index in [0.717, 1.165) is 4.90 Å². The average molecular weight is 248 g/mol. The third-order valence-electron chi connectivity index (χ3n) is 3.66. The van der Waals surface area contributed by atoms with Gasteiger partial charge in [0, 0.05) is 4.90 Å². The number of aryl methyl sites for hydroxylation is 1. The maximum Gasteiger partial charge on any atom is 0.00523 e. The first-order valence-electron chi connectivity index (χ1n) is 6.10. The minimum atomic E-state index is 1.03. The van der Waals surface area contributed by atoms with Crippen LogP contribution in [0.15, 0.2) is 53.4 Å². The van der Waals surface area contributed by atoms with E-state index in [9.17, 15) is 0 Å². The molecule has 0 nitrogen and oxygen atoms in total. The van der Waals surface area contributed by atoms with Gasteiger partial charge < -0.3 is 0 Å². The quantitative estimate of drug-likeness (QED) is 0.321. The average Bonchev–Trinajstić information content (AvgIpc) is 2.34. The van der Waals surface area contributed by atoms with E-state index in [1.54, 1.807) is 0 Å². The van der Waals surface area contributed by atoms with Gasteiger partial charge >= 0.3 is 0 Å². The van der Waals surface area contributed by atoms with E-state index in [0.29, 0.717) is 0 Å². The SMILES string of the molecule is Cc1cc2ccc3cc(S)cc4ccc(c1)c2c34. The van der Waals surface area contributed by atoms with Crippen molar-refractivity contribution < 1.29 is 0 Å². The van der Waals surface area contributed by atoms with Gasteiger partial charge in [0.25, 0.3) is 0 Å². The lowest BCUT2D eigenvalue weighted by Crippen LogP contribution is -1.85. The Hall–Kier alpha value is -1.73. The lowest BCUT2D eigenvalue weighted by atomic mass is 9.93. The van der Waals surface area contributed by atoms with Gasteiger partial charge in [-0.25, -0.2) is 0 Å². The van der Waals surface area contributed by atoms with Gasteiger partial charge in [0.1, 0.15) is 0 Å². The van der Waals surface area contributed by atoms with Crippen LogP contribution in [0.1, 0.15) is 5.56 Å². The summed E-state index contributed by atoms with van der Waals surface area (Å²) in [6.07, 6.45) is 0. The predicted molar refractivity (Wildman–Crippen MR) is 82.1 cm³/mol. The molecule has 0 aromatic heterocycles. The number of hydrogen-bond acceptors (Lipinski definition) is 1. The summed E-state index contributed by atoms with van der Waals surface area (Å²) in [5, 5.41) is 7.95. The first-order chi connectivity index (χ1) is 8.72. The zero-order chi connectivity index (χ0) is 12.3. The van der Waals surface area contributed by atoms with Crippen LogP contribution in [0, 0.1) is 6.92 Å². The van der Waals surface area contributed by atoms with Gasteiger partial charge in [0.05, 0.1) is 0 Å². The lowest BCUT2D eigenvalue weighted by Gasteiger charge is -2.12. The lowest BCUT2D eigenvalue weighted by molar-refractivity contribution is 1.52. The minimum absolute atomic E-state index is 1.03. The maximum absolute atomic E-state index is 4.48. The molecule has 0 amide bonds. The summed E-state index contributed by atoms with van der Waals surface area (Å²) >= 11 is 4.48. The maximum atomic E-state index is 4.48. The molecule has 0 spiro atoms. The fraction of sp³-hybridized carbons (Fsp3) is 0.0588. The van der Waals surface area contributed by atoms with Gasteiger partial charge in [-0.05, 0) is 56.9 Å². The van der Waals surface area contributed by atoms with Crippen LogP contribution in [0.5, 0.6) is 0 Å². The first kappa shape index (κ1) is 10.2. The topological polar surface area (TPSA) is 0 Å². The Labute approximate surface area is 111 Å². The van der Waals surface area contributed by atoms with E-state index in [4.69, 9.17) is 0 Å². The smallest absolute Gasteiger partial charge is 0.00523 e. The largest absolute Gasteiger partial charge is 0.143 e. The molecule has 0 fully saturated rings. The van der Waals surface area contributed by atoms with Gasteiger partial charge in [-0.2, -0.15) is 0 Å². The highest BCUT2D eigenvalue weighted by molar-refractivity contribution is 7.80. The number of hydrogen-bond donors (Lipinski definition) is 1. The van der Waals surface area contributed by atoms with Crippen molar-refractivity contribution in [2.45, 2.75) is 11.8 Å². The molecule has 18 heavy (non-hydrogen) atoms. The zero-order valence-corrected chi connectivity index (χ0v) is 11.0. The molecule has 0 unspecified atom stereocenters. The van der Waals surface area contributed by atoms with Crippen LogP contribution in [0.3, 0.4) is 0 Å². The summed E-state index contributed by atoms with van der Waals surface area (Å²) in [4.78, 5) is 1.03. The molecule has 4 aromatic carbocycles. The summed E-state index contributed by atoms with van der Waals surface area (Å²) in [5.74, 6) is 0. The Morgan fingerprint density at radius 3 is 1.50 bits per heavy atom. The van der Waals surface area contributed by atoms with Gasteiger partial charge in [0.2, 0.25) is 0 Å². The second-order valence-corrected chi connectivity index (χ2v) is 5.50. The molecular formula is C17H12S. The third kappa shape index (κ3) is 1.28.